The van der Waals surface area contributed by atoms with Crippen molar-refractivity contribution in [2.45, 2.75) is 6.10 Å². The fourth-order valence-corrected chi connectivity index (χ4v) is 0.752. The van der Waals surface area contributed by atoms with Crippen LogP contribution < -0.4 is 5.32 Å². The number of carbonyl (C=O) groups excluding carboxylic acids is 2. The van der Waals surface area contributed by atoms with E-state index in [1.165, 1.54) is 0 Å². The molecule has 0 aliphatic carbocycles. The normalized spacial score (nSPS) is 21.0. The van der Waals surface area contributed by atoms with Crippen LogP contribution in [0.1, 0.15) is 0 Å². The Labute approximate surface area is 69.3 Å². The van der Waals surface area contributed by atoms with Crippen molar-refractivity contribution in [3.8, 4) is 0 Å². The number of ether oxygens (including phenoxy) is 2. The first-order valence-electron chi connectivity index (χ1n) is 3.46. The zero-order chi connectivity index (χ0) is 8.97. The van der Waals surface area contributed by atoms with E-state index < -0.39 is 6.16 Å². The molecule has 5 heteroatoms. The second-order valence-corrected chi connectivity index (χ2v) is 2.25. The standard InChI is InChI=1S/C7H9NO4/c1-2-6(9)8-3-5-4-11-7(10)12-5/h2,5H,1,3-4H2,(H,8,9). The third-order valence-corrected chi connectivity index (χ3v) is 1.34. The molecule has 12 heavy (non-hydrogen) atoms. The van der Waals surface area contributed by atoms with Gasteiger partial charge in [0.05, 0.1) is 6.54 Å². The Morgan fingerprint density at radius 2 is 2.58 bits per heavy atom. The van der Waals surface area contributed by atoms with Crippen molar-refractivity contribution in [1.82, 2.24) is 5.32 Å². The van der Waals surface area contributed by atoms with Crippen LogP contribution in [0.2, 0.25) is 0 Å². The molecular weight excluding hydrogens is 162 g/mol. The molecule has 1 atom stereocenters. The molecule has 1 amide bonds. The number of nitrogens with one attached hydrogen (secondary N) is 1. The van der Waals surface area contributed by atoms with E-state index >= 15 is 0 Å². The third kappa shape index (κ3) is 2.26. The van der Waals surface area contributed by atoms with E-state index in [-0.39, 0.29) is 25.2 Å². The molecule has 1 aliphatic rings. The molecule has 0 saturated carbocycles. The van der Waals surface area contributed by atoms with Crippen LogP contribution in [-0.2, 0) is 14.3 Å². The molecule has 1 heterocycles. The first-order valence-corrected chi connectivity index (χ1v) is 3.46. The summed E-state index contributed by atoms with van der Waals surface area (Å²) in [6.07, 6.45) is 0.0895. The average Bonchev–Trinajstić information content (AvgIpc) is 2.47. The van der Waals surface area contributed by atoms with Crippen molar-refractivity contribution < 1.29 is 19.1 Å². The minimum absolute atomic E-state index is 0.191. The largest absolute Gasteiger partial charge is 0.508 e. The summed E-state index contributed by atoms with van der Waals surface area (Å²) in [5, 5.41) is 2.48. The topological polar surface area (TPSA) is 64.6 Å². The highest BCUT2D eigenvalue weighted by molar-refractivity contribution is 5.86. The van der Waals surface area contributed by atoms with Crippen LogP contribution in [0.25, 0.3) is 0 Å². The second-order valence-electron chi connectivity index (χ2n) is 2.25. The van der Waals surface area contributed by atoms with Gasteiger partial charge in [-0.3, -0.25) is 4.79 Å². The van der Waals surface area contributed by atoms with Crippen molar-refractivity contribution in [2.75, 3.05) is 13.2 Å². The molecule has 5 nitrogen and oxygen atoms in total. The quantitative estimate of drug-likeness (QED) is 0.472. The zero-order valence-electron chi connectivity index (χ0n) is 6.41. The maximum absolute atomic E-state index is 10.6. The highest BCUT2D eigenvalue weighted by Crippen LogP contribution is 2.04. The molecule has 1 aliphatic heterocycles. The van der Waals surface area contributed by atoms with E-state index in [1.807, 2.05) is 0 Å². The molecule has 0 radical (unpaired) electrons. The van der Waals surface area contributed by atoms with Crippen molar-refractivity contribution in [2.24, 2.45) is 0 Å². The summed E-state index contributed by atoms with van der Waals surface area (Å²) in [5.74, 6) is -0.294. The maximum Gasteiger partial charge on any atom is 0.508 e. The Bertz CT molecular complexity index is 213. The molecule has 1 saturated heterocycles. The maximum atomic E-state index is 10.6. The molecule has 0 aromatic carbocycles. The fraction of sp³-hybridized carbons (Fsp3) is 0.429. The highest BCUT2D eigenvalue weighted by Gasteiger charge is 2.24. The third-order valence-electron chi connectivity index (χ3n) is 1.34. The first-order chi connectivity index (χ1) is 5.72. The van der Waals surface area contributed by atoms with Crippen LogP contribution in [0.5, 0.6) is 0 Å². The molecule has 0 aromatic heterocycles. The van der Waals surface area contributed by atoms with Crippen molar-refractivity contribution in [3.05, 3.63) is 12.7 Å². The summed E-state index contributed by atoms with van der Waals surface area (Å²) in [7, 11) is 0. The van der Waals surface area contributed by atoms with Crippen LogP contribution in [0.3, 0.4) is 0 Å². The van der Waals surface area contributed by atoms with Crippen molar-refractivity contribution >= 4 is 12.1 Å². The lowest BCUT2D eigenvalue weighted by molar-refractivity contribution is -0.116. The Morgan fingerprint density at radius 1 is 1.83 bits per heavy atom. The Kier molecular flexibility index (Phi) is 2.68. The Morgan fingerprint density at radius 3 is 3.08 bits per heavy atom. The summed E-state index contributed by atoms with van der Waals surface area (Å²) in [6, 6.07) is 0. The van der Waals surface area contributed by atoms with Gasteiger partial charge >= 0.3 is 6.16 Å². The molecule has 0 bridgehead atoms. The molecule has 1 unspecified atom stereocenters. The summed E-state index contributed by atoms with van der Waals surface area (Å²) in [4.78, 5) is 21.0. The van der Waals surface area contributed by atoms with Gasteiger partial charge in [-0.1, -0.05) is 6.58 Å². The van der Waals surface area contributed by atoms with Gasteiger partial charge in [0.2, 0.25) is 5.91 Å². The monoisotopic (exact) mass is 171 g/mol. The lowest BCUT2D eigenvalue weighted by atomic mass is 10.4. The van der Waals surface area contributed by atoms with E-state index in [0.29, 0.717) is 0 Å². The van der Waals surface area contributed by atoms with Gasteiger partial charge in [-0.05, 0) is 6.08 Å². The van der Waals surface area contributed by atoms with Crippen LogP contribution >= 0.6 is 0 Å². The van der Waals surface area contributed by atoms with Crippen LogP contribution in [-0.4, -0.2) is 31.3 Å². The smallest absolute Gasteiger partial charge is 0.430 e. The van der Waals surface area contributed by atoms with Crippen LogP contribution in [0.4, 0.5) is 4.79 Å². The van der Waals surface area contributed by atoms with E-state index in [4.69, 9.17) is 0 Å². The van der Waals surface area contributed by atoms with Crippen LogP contribution in [0, 0.1) is 0 Å². The number of hydrogen-bond donors (Lipinski definition) is 1. The van der Waals surface area contributed by atoms with E-state index in [0.717, 1.165) is 6.08 Å². The predicted octanol–water partition coefficient (Wildman–Crippen LogP) is -0.176. The Hall–Kier alpha value is -1.52. The summed E-state index contributed by atoms with van der Waals surface area (Å²) < 4.78 is 9.14. The number of hydrogen-bond acceptors (Lipinski definition) is 4. The fourth-order valence-electron chi connectivity index (χ4n) is 0.752. The zero-order valence-corrected chi connectivity index (χ0v) is 6.41. The average molecular weight is 171 g/mol. The number of cyclic esters (lactones) is 2. The van der Waals surface area contributed by atoms with Gasteiger partial charge in [0.1, 0.15) is 6.61 Å². The minimum atomic E-state index is -0.687. The Balaban J connectivity index is 2.20. The summed E-state index contributed by atoms with van der Waals surface area (Å²) >= 11 is 0. The van der Waals surface area contributed by atoms with Crippen molar-refractivity contribution in [1.29, 1.82) is 0 Å². The van der Waals surface area contributed by atoms with Crippen molar-refractivity contribution in [3.63, 3.8) is 0 Å². The highest BCUT2D eigenvalue weighted by atomic mass is 16.8. The van der Waals surface area contributed by atoms with Gasteiger partial charge in [0, 0.05) is 0 Å². The SMILES string of the molecule is C=CC(=O)NCC1COC(=O)O1. The van der Waals surface area contributed by atoms with Gasteiger partial charge in [0.25, 0.3) is 0 Å². The minimum Gasteiger partial charge on any atom is -0.430 e. The van der Waals surface area contributed by atoms with E-state index in [2.05, 4.69) is 21.4 Å². The van der Waals surface area contributed by atoms with Gasteiger partial charge in [-0.25, -0.2) is 4.79 Å². The number of carbonyl (C=O) groups is 2. The molecule has 1 rings (SSSR count). The van der Waals surface area contributed by atoms with E-state index in [9.17, 15) is 9.59 Å². The van der Waals surface area contributed by atoms with Gasteiger partial charge < -0.3 is 14.8 Å². The molecule has 66 valence electrons. The number of rotatable bonds is 3. The first kappa shape index (κ1) is 8.58. The van der Waals surface area contributed by atoms with Gasteiger partial charge in [-0.15, -0.1) is 0 Å². The predicted molar refractivity (Wildman–Crippen MR) is 39.4 cm³/mol. The molecular formula is C7H9NO4. The van der Waals surface area contributed by atoms with Gasteiger partial charge in [0.15, 0.2) is 6.10 Å². The van der Waals surface area contributed by atoms with Crippen LogP contribution in [0.15, 0.2) is 12.7 Å². The number of amides is 1. The lowest BCUT2D eigenvalue weighted by Gasteiger charge is -2.05. The van der Waals surface area contributed by atoms with E-state index in [1.54, 1.807) is 0 Å². The van der Waals surface area contributed by atoms with Gasteiger partial charge in [-0.2, -0.15) is 0 Å². The second kappa shape index (κ2) is 3.75. The molecule has 1 fully saturated rings. The molecule has 1 N–H and O–H groups in total. The molecule has 0 spiro atoms. The summed E-state index contributed by atoms with van der Waals surface area (Å²) in [6.45, 7) is 3.72. The summed E-state index contributed by atoms with van der Waals surface area (Å²) in [5.41, 5.74) is 0. The lowest BCUT2D eigenvalue weighted by Crippen LogP contribution is -2.32. The molecule has 0 aromatic rings.